The molecule has 3 rings (SSSR count). The van der Waals surface area contributed by atoms with E-state index in [-0.39, 0.29) is 17.3 Å². The lowest BCUT2D eigenvalue weighted by molar-refractivity contribution is 0.0950. The first kappa shape index (κ1) is 19.1. The highest BCUT2D eigenvalue weighted by atomic mass is 79.9. The first-order chi connectivity index (χ1) is 12.5. The molecule has 1 saturated heterocycles. The summed E-state index contributed by atoms with van der Waals surface area (Å²) in [4.78, 5) is 12.6. The lowest BCUT2D eigenvalue weighted by atomic mass is 10.2. The second-order valence-electron chi connectivity index (χ2n) is 6.26. The molecule has 138 valence electrons. The molecule has 1 fully saturated rings. The summed E-state index contributed by atoms with van der Waals surface area (Å²) in [5.41, 5.74) is 1.13. The summed E-state index contributed by atoms with van der Waals surface area (Å²) in [5, 5.41) is 2.81. The van der Waals surface area contributed by atoms with Crippen molar-refractivity contribution < 1.29 is 13.2 Å². The first-order valence-electron chi connectivity index (χ1n) is 8.60. The topological polar surface area (TPSA) is 66.5 Å². The number of rotatable bonds is 5. The summed E-state index contributed by atoms with van der Waals surface area (Å²) < 4.78 is 28.4. The van der Waals surface area contributed by atoms with Crippen LogP contribution in [0.15, 0.2) is 57.9 Å². The van der Waals surface area contributed by atoms with Gasteiger partial charge in [0.25, 0.3) is 5.91 Å². The average molecular weight is 437 g/mol. The van der Waals surface area contributed by atoms with Gasteiger partial charge in [-0.3, -0.25) is 4.79 Å². The Balaban J connectivity index is 1.77. The summed E-state index contributed by atoms with van der Waals surface area (Å²) in [6.07, 6.45) is 2.85. The maximum absolute atomic E-state index is 13.0. The SMILES string of the molecule is O=C(NCc1ccccc1S(=O)(=O)N1CCCCC1)c1ccc(Br)cc1. The van der Waals surface area contributed by atoms with Crippen LogP contribution < -0.4 is 5.32 Å². The van der Waals surface area contributed by atoms with Crippen LogP contribution in [0.5, 0.6) is 0 Å². The molecule has 1 amide bonds. The number of hydrogen-bond acceptors (Lipinski definition) is 3. The highest BCUT2D eigenvalue weighted by Crippen LogP contribution is 2.23. The Morgan fingerprint density at radius 3 is 2.35 bits per heavy atom. The number of piperidine rings is 1. The van der Waals surface area contributed by atoms with E-state index in [1.807, 2.05) is 0 Å². The van der Waals surface area contributed by atoms with Gasteiger partial charge in [0.2, 0.25) is 10.0 Å². The minimum atomic E-state index is -3.54. The Hall–Kier alpha value is -1.70. The van der Waals surface area contributed by atoms with Crippen molar-refractivity contribution in [3.05, 3.63) is 64.1 Å². The fourth-order valence-corrected chi connectivity index (χ4v) is 5.03. The van der Waals surface area contributed by atoms with Crippen LogP contribution in [0.1, 0.15) is 35.2 Å². The number of carbonyl (C=O) groups is 1. The third-order valence-electron chi connectivity index (χ3n) is 4.45. The van der Waals surface area contributed by atoms with Gasteiger partial charge in [-0.25, -0.2) is 8.42 Å². The molecule has 2 aromatic rings. The van der Waals surface area contributed by atoms with E-state index in [1.165, 1.54) is 0 Å². The van der Waals surface area contributed by atoms with Gasteiger partial charge in [-0.2, -0.15) is 4.31 Å². The van der Waals surface area contributed by atoms with E-state index in [0.717, 1.165) is 23.7 Å². The Morgan fingerprint density at radius 1 is 1.00 bits per heavy atom. The third kappa shape index (κ3) is 4.34. The van der Waals surface area contributed by atoms with Crippen LogP contribution in [0.4, 0.5) is 0 Å². The molecule has 1 N–H and O–H groups in total. The second kappa shape index (κ2) is 8.33. The fourth-order valence-electron chi connectivity index (χ4n) is 3.02. The molecule has 26 heavy (non-hydrogen) atoms. The Morgan fingerprint density at radius 2 is 1.65 bits per heavy atom. The third-order valence-corrected chi connectivity index (χ3v) is 6.98. The number of hydrogen-bond donors (Lipinski definition) is 1. The predicted molar refractivity (Wildman–Crippen MR) is 104 cm³/mol. The molecule has 0 atom stereocenters. The molecule has 0 bridgehead atoms. The Kier molecular flexibility index (Phi) is 6.11. The maximum Gasteiger partial charge on any atom is 0.251 e. The standard InChI is InChI=1S/C19H21BrN2O3S/c20-17-10-8-15(9-11-17)19(23)21-14-16-6-2-3-7-18(16)26(24,25)22-12-4-1-5-13-22/h2-3,6-11H,1,4-5,12-14H2,(H,21,23). The minimum Gasteiger partial charge on any atom is -0.348 e. The van der Waals surface area contributed by atoms with Gasteiger partial charge in [0.15, 0.2) is 0 Å². The number of amides is 1. The molecule has 1 aliphatic rings. The van der Waals surface area contributed by atoms with Crippen LogP contribution in [-0.2, 0) is 16.6 Å². The van der Waals surface area contributed by atoms with Crippen molar-refractivity contribution in [1.82, 2.24) is 9.62 Å². The smallest absolute Gasteiger partial charge is 0.251 e. The van der Waals surface area contributed by atoms with E-state index in [1.54, 1.807) is 52.8 Å². The lowest BCUT2D eigenvalue weighted by Crippen LogP contribution is -2.36. The monoisotopic (exact) mass is 436 g/mol. The predicted octanol–water partition coefficient (Wildman–Crippen LogP) is 3.55. The molecule has 1 heterocycles. The molecular weight excluding hydrogens is 416 g/mol. The van der Waals surface area contributed by atoms with E-state index in [2.05, 4.69) is 21.2 Å². The summed E-state index contributed by atoms with van der Waals surface area (Å²) in [6.45, 7) is 1.28. The fraction of sp³-hybridized carbons (Fsp3) is 0.316. The van der Waals surface area contributed by atoms with Crippen molar-refractivity contribution in [2.45, 2.75) is 30.7 Å². The van der Waals surface area contributed by atoms with E-state index >= 15 is 0 Å². The van der Waals surface area contributed by atoms with E-state index in [9.17, 15) is 13.2 Å². The van der Waals surface area contributed by atoms with Crippen molar-refractivity contribution in [3.63, 3.8) is 0 Å². The molecular formula is C19H21BrN2O3S. The zero-order chi connectivity index (χ0) is 18.6. The molecule has 0 spiro atoms. The molecule has 0 radical (unpaired) electrons. The van der Waals surface area contributed by atoms with Crippen molar-refractivity contribution in [2.24, 2.45) is 0 Å². The number of nitrogens with one attached hydrogen (secondary N) is 1. The normalized spacial score (nSPS) is 15.6. The van der Waals surface area contributed by atoms with Crippen LogP contribution in [0.3, 0.4) is 0 Å². The molecule has 0 saturated carbocycles. The molecule has 7 heteroatoms. The molecule has 0 unspecified atom stereocenters. The van der Waals surface area contributed by atoms with Crippen LogP contribution in [-0.4, -0.2) is 31.7 Å². The van der Waals surface area contributed by atoms with Gasteiger partial charge in [0.1, 0.15) is 0 Å². The van der Waals surface area contributed by atoms with Crippen molar-refractivity contribution in [2.75, 3.05) is 13.1 Å². The molecule has 2 aromatic carbocycles. The van der Waals surface area contributed by atoms with Gasteiger partial charge in [-0.1, -0.05) is 40.5 Å². The van der Waals surface area contributed by atoms with Gasteiger partial charge in [0, 0.05) is 29.7 Å². The quantitative estimate of drug-likeness (QED) is 0.778. The lowest BCUT2D eigenvalue weighted by Gasteiger charge is -2.26. The summed E-state index contributed by atoms with van der Waals surface area (Å²) >= 11 is 3.34. The van der Waals surface area contributed by atoms with Gasteiger partial charge in [-0.05, 0) is 48.7 Å². The molecule has 0 aliphatic carbocycles. The van der Waals surface area contributed by atoms with Crippen LogP contribution in [0.2, 0.25) is 0 Å². The van der Waals surface area contributed by atoms with Gasteiger partial charge >= 0.3 is 0 Å². The Labute approximate surface area is 162 Å². The number of sulfonamides is 1. The van der Waals surface area contributed by atoms with Crippen LogP contribution in [0.25, 0.3) is 0 Å². The second-order valence-corrected chi connectivity index (χ2v) is 9.08. The number of benzene rings is 2. The highest BCUT2D eigenvalue weighted by molar-refractivity contribution is 9.10. The minimum absolute atomic E-state index is 0.165. The van der Waals surface area contributed by atoms with E-state index < -0.39 is 10.0 Å². The molecule has 0 aromatic heterocycles. The highest BCUT2D eigenvalue weighted by Gasteiger charge is 2.27. The summed E-state index contributed by atoms with van der Waals surface area (Å²) in [6, 6.07) is 13.9. The molecule has 1 aliphatic heterocycles. The maximum atomic E-state index is 13.0. The van der Waals surface area contributed by atoms with Crippen molar-refractivity contribution in [1.29, 1.82) is 0 Å². The summed E-state index contributed by atoms with van der Waals surface area (Å²) in [5.74, 6) is -0.234. The Bertz CT molecular complexity index is 876. The zero-order valence-corrected chi connectivity index (χ0v) is 16.7. The summed E-state index contributed by atoms with van der Waals surface area (Å²) in [7, 11) is -3.54. The number of nitrogens with zero attached hydrogens (tertiary/aromatic N) is 1. The van der Waals surface area contributed by atoms with E-state index in [4.69, 9.17) is 0 Å². The van der Waals surface area contributed by atoms with Gasteiger partial charge in [-0.15, -0.1) is 0 Å². The van der Waals surface area contributed by atoms with Crippen molar-refractivity contribution >= 4 is 31.9 Å². The van der Waals surface area contributed by atoms with Gasteiger partial charge in [0.05, 0.1) is 4.90 Å². The van der Waals surface area contributed by atoms with Crippen molar-refractivity contribution in [3.8, 4) is 0 Å². The van der Waals surface area contributed by atoms with Crippen LogP contribution >= 0.6 is 15.9 Å². The van der Waals surface area contributed by atoms with Gasteiger partial charge < -0.3 is 5.32 Å². The average Bonchev–Trinajstić information content (AvgIpc) is 2.67. The van der Waals surface area contributed by atoms with E-state index in [0.29, 0.717) is 24.2 Å². The zero-order valence-electron chi connectivity index (χ0n) is 14.3. The largest absolute Gasteiger partial charge is 0.348 e. The number of carbonyl (C=O) groups excluding carboxylic acids is 1. The first-order valence-corrected chi connectivity index (χ1v) is 10.8. The van der Waals surface area contributed by atoms with Crippen LogP contribution in [0, 0.1) is 0 Å². The molecule has 5 nitrogen and oxygen atoms in total. The number of halogens is 1.